The van der Waals surface area contributed by atoms with Crippen molar-refractivity contribution in [1.82, 2.24) is 4.98 Å². The fourth-order valence-electron chi connectivity index (χ4n) is 18.2. The molecule has 6 aromatic carbocycles. The number of fused-ring (bicyclic) bond motifs is 6. The normalized spacial score (nSPS) is 19.7. The van der Waals surface area contributed by atoms with Crippen LogP contribution in [-0.4, -0.2) is 17.6 Å². The SMILES string of the molecule is CCC(C)(c1ccc(-c2cc(C)ccc2C)cc1-c1ccccn1)C(C)CCCc1ccc(-c2ccc(C3(c4ccc(-c5cc[n+]6c(c5)C(=O)OCC6C5c6cc(F)cc(F)c6-c6cccc[n+]6C5(CC)CC)cc4)C4=C(CCC=C4)C4=CC=CCC43)cc2)cc1-c1cccc[n+]1C. The van der Waals surface area contributed by atoms with Crippen LogP contribution in [0.1, 0.15) is 147 Å². The molecule has 98 heavy (non-hydrogen) atoms. The number of hydrogen-bond acceptors (Lipinski definition) is 3. The number of aryl methyl sites for hydroxylation is 4. The standard InChI is InChI=1S/C90H87F2N4O2/c1-9-88(7,76-45-40-66(72-51-58(4)32-33-59(72)5)53-74(76)80-29-16-19-47-93-80)60(6)23-22-24-63-34-35-64(52-73(63)81-30-17-20-48-94(81)8)61-36-41-67(42-37-61)90(77-27-14-12-25-70(77)71-26-13-15-28-78(71)90)68-43-38-62(39-44-68)65-46-50-95-83(54-65)87(97)98-57-84(95)86-75-55-69(91)56-79(92)85(75)82-31-18-21-49-96(82)89(86,10-2)11-3/h12,14-21,25,28-56,60,77,84,86H,9-11,13,22-24,26-27,57H2,1-8H3/q+3. The van der Waals surface area contributed by atoms with E-state index >= 15 is 8.78 Å². The van der Waals surface area contributed by atoms with E-state index in [0.29, 0.717) is 41.3 Å². The molecule has 0 fully saturated rings. The molecule has 2 aliphatic heterocycles. The molecule has 10 aromatic rings. The third kappa shape index (κ3) is 10.7. The molecule has 0 saturated heterocycles. The van der Waals surface area contributed by atoms with E-state index in [1.165, 1.54) is 95.2 Å². The number of nitrogens with zero attached hydrogens (tertiary/aromatic N) is 4. The van der Waals surface area contributed by atoms with Crippen LogP contribution in [0, 0.1) is 37.3 Å². The van der Waals surface area contributed by atoms with Crippen LogP contribution in [-0.2, 0) is 34.6 Å². The molecule has 490 valence electrons. The third-order valence-corrected chi connectivity index (χ3v) is 23.7. The zero-order valence-corrected chi connectivity index (χ0v) is 57.8. The number of hydrogen-bond donors (Lipinski definition) is 0. The molecule has 0 bridgehead atoms. The van der Waals surface area contributed by atoms with E-state index in [1.807, 2.05) is 53.5 Å². The highest BCUT2D eigenvalue weighted by molar-refractivity contribution is 5.88. The second-order valence-electron chi connectivity index (χ2n) is 28.5. The first-order chi connectivity index (χ1) is 47.7. The maximum Gasteiger partial charge on any atom is 0.403 e. The van der Waals surface area contributed by atoms with Gasteiger partial charge in [-0.1, -0.05) is 168 Å². The summed E-state index contributed by atoms with van der Waals surface area (Å²) in [6.07, 6.45) is 28.2. The van der Waals surface area contributed by atoms with Gasteiger partial charge in [-0.05, 0) is 196 Å². The Morgan fingerprint density at radius 2 is 1.41 bits per heavy atom. The molecule has 0 radical (unpaired) electrons. The molecule has 4 aromatic heterocycles. The van der Waals surface area contributed by atoms with Gasteiger partial charge in [0, 0.05) is 78.5 Å². The van der Waals surface area contributed by atoms with E-state index < -0.39 is 40.5 Å². The minimum atomic E-state index is -0.621. The number of allylic oxidation sites excluding steroid dienone is 8. The predicted octanol–water partition coefficient (Wildman–Crippen LogP) is 20.2. The van der Waals surface area contributed by atoms with Crippen molar-refractivity contribution in [3.63, 3.8) is 0 Å². The van der Waals surface area contributed by atoms with Crippen LogP contribution < -0.4 is 13.7 Å². The van der Waals surface area contributed by atoms with Crippen LogP contribution in [0.25, 0.3) is 67.2 Å². The van der Waals surface area contributed by atoms with Gasteiger partial charge in [0.1, 0.15) is 24.6 Å². The number of halogens is 2. The molecule has 5 aliphatic rings. The highest BCUT2D eigenvalue weighted by Gasteiger charge is 2.60. The fraction of sp³-hybridized carbons (Fsp3) is 0.278. The van der Waals surface area contributed by atoms with Crippen molar-refractivity contribution in [2.45, 2.75) is 135 Å². The maximum atomic E-state index is 16.2. The number of benzene rings is 6. The Bertz CT molecular complexity index is 4900. The summed E-state index contributed by atoms with van der Waals surface area (Å²) >= 11 is 0. The molecule has 3 aliphatic carbocycles. The second kappa shape index (κ2) is 25.9. The van der Waals surface area contributed by atoms with Crippen molar-refractivity contribution >= 4 is 5.97 Å². The lowest BCUT2D eigenvalue weighted by atomic mass is 9.62. The number of carbonyl (C=O) groups is 1. The molecule has 0 N–H and O–H groups in total. The number of cyclic esters (lactones) is 1. The first-order valence-electron chi connectivity index (χ1n) is 35.6. The van der Waals surface area contributed by atoms with Gasteiger partial charge in [0.2, 0.25) is 17.4 Å². The lowest BCUT2D eigenvalue weighted by Crippen LogP contribution is -2.67. The smallest absolute Gasteiger partial charge is 0.403 e. The molecule has 0 saturated carbocycles. The molecule has 15 rings (SSSR count). The molecule has 8 heteroatoms. The maximum absolute atomic E-state index is 16.2. The number of carbonyl (C=O) groups excluding carboxylic acids is 1. The molecule has 0 spiro atoms. The zero-order valence-electron chi connectivity index (χ0n) is 57.8. The van der Waals surface area contributed by atoms with Gasteiger partial charge in [0.15, 0.2) is 30.7 Å². The lowest BCUT2D eigenvalue weighted by Gasteiger charge is -2.42. The quantitative estimate of drug-likeness (QED) is 0.0674. The number of esters is 1. The summed E-state index contributed by atoms with van der Waals surface area (Å²) < 4.78 is 44.3. The first-order valence-corrected chi connectivity index (χ1v) is 35.6. The summed E-state index contributed by atoms with van der Waals surface area (Å²) in [4.78, 5) is 19.0. The van der Waals surface area contributed by atoms with Gasteiger partial charge in [-0.25, -0.2) is 18.1 Å². The van der Waals surface area contributed by atoms with Crippen molar-refractivity contribution in [1.29, 1.82) is 0 Å². The number of aromatic nitrogens is 4. The molecule has 6 unspecified atom stereocenters. The number of ether oxygens (including phenoxy) is 1. The van der Waals surface area contributed by atoms with Gasteiger partial charge >= 0.3 is 5.97 Å². The van der Waals surface area contributed by atoms with Gasteiger partial charge in [-0.3, -0.25) is 4.98 Å². The topological polar surface area (TPSA) is 50.8 Å². The first kappa shape index (κ1) is 64.2. The average molecular weight is 1290 g/mol. The molecule has 0 amide bonds. The summed E-state index contributed by atoms with van der Waals surface area (Å²) in [5.74, 6) is -1.48. The Morgan fingerprint density at radius 3 is 2.14 bits per heavy atom. The molecular formula is C90H87F2N4O2+3. The van der Waals surface area contributed by atoms with Crippen LogP contribution in [0.2, 0.25) is 0 Å². The van der Waals surface area contributed by atoms with Crippen LogP contribution in [0.5, 0.6) is 0 Å². The Balaban J connectivity index is 0.739. The third-order valence-electron chi connectivity index (χ3n) is 23.7. The Morgan fingerprint density at radius 1 is 0.694 bits per heavy atom. The van der Waals surface area contributed by atoms with E-state index in [9.17, 15) is 4.79 Å². The highest BCUT2D eigenvalue weighted by Crippen LogP contribution is 2.61. The summed E-state index contributed by atoms with van der Waals surface area (Å²) in [5.41, 5.74) is 24.4. The lowest BCUT2D eigenvalue weighted by molar-refractivity contribution is -0.790. The van der Waals surface area contributed by atoms with Crippen molar-refractivity contribution in [2.24, 2.45) is 18.9 Å². The van der Waals surface area contributed by atoms with Crippen LogP contribution in [0.4, 0.5) is 8.78 Å². The van der Waals surface area contributed by atoms with E-state index in [4.69, 9.17) is 9.72 Å². The summed E-state index contributed by atoms with van der Waals surface area (Å²) in [6.45, 7) is 16.0. The predicted molar refractivity (Wildman–Crippen MR) is 389 cm³/mol. The Kier molecular flexibility index (Phi) is 17.0. The average Bonchev–Trinajstić information content (AvgIpc) is 1.46. The summed E-state index contributed by atoms with van der Waals surface area (Å²) in [6, 6.07) is 64.2. The fourth-order valence-corrected chi connectivity index (χ4v) is 18.2. The highest BCUT2D eigenvalue weighted by atomic mass is 19.1. The minimum absolute atomic E-state index is 0.0704. The van der Waals surface area contributed by atoms with E-state index in [-0.39, 0.29) is 17.9 Å². The van der Waals surface area contributed by atoms with Crippen LogP contribution in [0.3, 0.4) is 0 Å². The molecule has 6 heterocycles. The van der Waals surface area contributed by atoms with Crippen LogP contribution in [0.15, 0.2) is 254 Å². The van der Waals surface area contributed by atoms with E-state index in [1.54, 1.807) is 0 Å². The van der Waals surface area contributed by atoms with Crippen molar-refractivity contribution in [3.05, 3.63) is 310 Å². The van der Waals surface area contributed by atoms with Crippen molar-refractivity contribution in [2.75, 3.05) is 6.61 Å². The Labute approximate surface area is 577 Å². The Hall–Kier alpha value is -9.79. The van der Waals surface area contributed by atoms with Gasteiger partial charge in [0.25, 0.3) is 5.69 Å². The van der Waals surface area contributed by atoms with Gasteiger partial charge < -0.3 is 4.74 Å². The monoisotopic (exact) mass is 1290 g/mol. The number of rotatable bonds is 17. The summed E-state index contributed by atoms with van der Waals surface area (Å²) in [5, 5.41) is 0. The second-order valence-corrected chi connectivity index (χ2v) is 28.5. The molecule has 6 nitrogen and oxygen atoms in total. The molecule has 6 atom stereocenters. The van der Waals surface area contributed by atoms with Gasteiger partial charge in [-0.2, -0.15) is 9.13 Å². The summed E-state index contributed by atoms with van der Waals surface area (Å²) in [7, 11) is 2.16. The van der Waals surface area contributed by atoms with E-state index in [2.05, 4.69) is 241 Å². The van der Waals surface area contributed by atoms with Crippen molar-refractivity contribution < 1.29 is 32.0 Å². The minimum Gasteiger partial charge on any atom is -0.451 e. The zero-order chi connectivity index (χ0) is 67.6. The largest absolute Gasteiger partial charge is 0.451 e. The van der Waals surface area contributed by atoms with E-state index in [0.717, 1.165) is 67.8 Å². The van der Waals surface area contributed by atoms with Crippen LogP contribution >= 0.6 is 0 Å². The number of pyridine rings is 4. The van der Waals surface area contributed by atoms with Gasteiger partial charge in [0.05, 0.1) is 16.7 Å². The molecular weight excluding hydrogens is 1210 g/mol. The van der Waals surface area contributed by atoms with Gasteiger partial charge in [-0.15, -0.1) is 0 Å². The van der Waals surface area contributed by atoms with Crippen molar-refractivity contribution in [3.8, 4) is 67.2 Å².